The number of nitrogens with one attached hydrogen (secondary N) is 2. The zero-order valence-corrected chi connectivity index (χ0v) is 18.4. The highest BCUT2D eigenvalue weighted by molar-refractivity contribution is 5.96. The topological polar surface area (TPSA) is 101 Å². The molecule has 5 rings (SSSR count). The summed E-state index contributed by atoms with van der Waals surface area (Å²) < 4.78 is 8.68. The summed E-state index contributed by atoms with van der Waals surface area (Å²) in [6.45, 7) is 3.41. The summed E-state index contributed by atoms with van der Waals surface area (Å²) in [5.74, 6) is -0.396. The van der Waals surface area contributed by atoms with Crippen molar-refractivity contribution in [3.63, 3.8) is 0 Å². The van der Waals surface area contributed by atoms with Gasteiger partial charge in [0.1, 0.15) is 16.8 Å². The molecule has 3 aromatic heterocycles. The van der Waals surface area contributed by atoms with E-state index < -0.39 is 5.91 Å². The van der Waals surface area contributed by atoms with Crippen molar-refractivity contribution in [3.8, 4) is 0 Å². The van der Waals surface area contributed by atoms with Crippen LogP contribution in [-0.2, 0) is 11.3 Å². The maximum absolute atomic E-state index is 13.3. The smallest absolute Gasteiger partial charge is 0.267 e. The lowest BCUT2D eigenvalue weighted by Crippen LogP contribution is -2.38. The van der Waals surface area contributed by atoms with Crippen molar-refractivity contribution in [1.82, 2.24) is 19.3 Å². The third kappa shape index (κ3) is 4.05. The number of rotatable bonds is 5. The van der Waals surface area contributed by atoms with Gasteiger partial charge >= 0.3 is 0 Å². The number of aryl methyl sites for hydroxylation is 1. The Morgan fingerprint density at radius 1 is 1.24 bits per heavy atom. The maximum Gasteiger partial charge on any atom is 0.267 e. The predicted molar refractivity (Wildman–Crippen MR) is 124 cm³/mol. The van der Waals surface area contributed by atoms with Crippen LogP contribution in [0, 0.1) is 12.3 Å². The summed E-state index contributed by atoms with van der Waals surface area (Å²) >= 11 is 0. The molecule has 0 aliphatic carbocycles. The van der Waals surface area contributed by atoms with E-state index in [0.29, 0.717) is 36.4 Å². The number of benzene rings is 1. The van der Waals surface area contributed by atoms with E-state index in [1.165, 1.54) is 10.5 Å². The van der Waals surface area contributed by atoms with Gasteiger partial charge in [0.25, 0.3) is 11.5 Å². The zero-order valence-electron chi connectivity index (χ0n) is 18.4. The Balaban J connectivity index is 1.66. The van der Waals surface area contributed by atoms with Crippen LogP contribution in [-0.4, -0.2) is 39.1 Å². The molecule has 1 atom stereocenters. The molecule has 0 radical (unpaired) electrons. The molecular formula is C25H25N5O3. The predicted octanol–water partition coefficient (Wildman–Crippen LogP) is 2.39. The minimum absolute atomic E-state index is 0.0140. The summed E-state index contributed by atoms with van der Waals surface area (Å²) in [7, 11) is 0. The van der Waals surface area contributed by atoms with Crippen LogP contribution in [0.2, 0.25) is 0 Å². The first kappa shape index (κ1) is 21.1. The molecule has 1 fully saturated rings. The molecule has 8 heteroatoms. The van der Waals surface area contributed by atoms with Crippen LogP contribution in [0.1, 0.15) is 34.3 Å². The number of hydrogen-bond acceptors (Lipinski definition) is 5. The molecule has 0 unspecified atom stereocenters. The summed E-state index contributed by atoms with van der Waals surface area (Å²) in [4.78, 5) is 31.0. The van der Waals surface area contributed by atoms with Gasteiger partial charge in [-0.3, -0.25) is 19.4 Å². The first-order chi connectivity index (χ1) is 16.0. The monoisotopic (exact) mass is 443 g/mol. The Labute approximate surface area is 190 Å². The third-order valence-electron chi connectivity index (χ3n) is 6.04. The van der Waals surface area contributed by atoms with Gasteiger partial charge in [0.15, 0.2) is 0 Å². The van der Waals surface area contributed by atoms with Crippen LogP contribution in [0.5, 0.6) is 0 Å². The molecule has 0 bridgehead atoms. The fourth-order valence-electron chi connectivity index (χ4n) is 4.20. The standard InChI is InChI=1S/C25H25N5O3/c1-16-7-9-17(10-8-16)15-30-22(26)19(24(31)27-14-18-5-4-12-33-18)13-20-23(30)28-21-6-2-3-11-29(21)25(20)32/h2-3,6-11,13,18,26H,4-5,12,14-15H2,1H3,(H,27,31)/t18-/m0/s1. The van der Waals surface area contributed by atoms with E-state index in [9.17, 15) is 9.59 Å². The van der Waals surface area contributed by atoms with Crippen LogP contribution in [0.3, 0.4) is 0 Å². The van der Waals surface area contributed by atoms with Crippen LogP contribution in [0.15, 0.2) is 59.5 Å². The molecule has 1 saturated heterocycles. The molecule has 1 amide bonds. The van der Waals surface area contributed by atoms with Crippen molar-refractivity contribution in [3.05, 3.63) is 87.3 Å². The van der Waals surface area contributed by atoms with Gasteiger partial charge in [-0.2, -0.15) is 0 Å². The van der Waals surface area contributed by atoms with Gasteiger partial charge in [-0.05, 0) is 43.5 Å². The average molecular weight is 444 g/mol. The second-order valence-corrected chi connectivity index (χ2v) is 8.41. The van der Waals surface area contributed by atoms with Crippen molar-refractivity contribution in [1.29, 1.82) is 5.41 Å². The van der Waals surface area contributed by atoms with Crippen LogP contribution < -0.4 is 16.4 Å². The molecule has 1 aliphatic rings. The number of hydrogen-bond donors (Lipinski definition) is 2. The average Bonchev–Trinajstić information content (AvgIpc) is 3.35. The Kier molecular flexibility index (Phi) is 5.51. The first-order valence-electron chi connectivity index (χ1n) is 11.1. The third-order valence-corrected chi connectivity index (χ3v) is 6.04. The van der Waals surface area contributed by atoms with Crippen molar-refractivity contribution in [2.24, 2.45) is 0 Å². The van der Waals surface area contributed by atoms with E-state index in [2.05, 4.69) is 10.3 Å². The normalized spacial score (nSPS) is 15.8. The highest BCUT2D eigenvalue weighted by atomic mass is 16.5. The van der Waals surface area contributed by atoms with E-state index in [1.807, 2.05) is 37.3 Å². The van der Waals surface area contributed by atoms with Crippen molar-refractivity contribution in [2.45, 2.75) is 32.4 Å². The molecule has 2 N–H and O–H groups in total. The second-order valence-electron chi connectivity index (χ2n) is 8.41. The Morgan fingerprint density at radius 2 is 2.06 bits per heavy atom. The van der Waals surface area contributed by atoms with Gasteiger partial charge in [0, 0.05) is 19.3 Å². The fraction of sp³-hybridized carbons (Fsp3) is 0.280. The molecule has 1 aliphatic heterocycles. The molecule has 0 spiro atoms. The van der Waals surface area contributed by atoms with E-state index in [-0.39, 0.29) is 22.7 Å². The molecular weight excluding hydrogens is 418 g/mol. The molecule has 0 saturated carbocycles. The lowest BCUT2D eigenvalue weighted by Gasteiger charge is -2.16. The number of carbonyl (C=O) groups excluding carboxylic acids is 1. The largest absolute Gasteiger partial charge is 0.376 e. The van der Waals surface area contributed by atoms with Gasteiger partial charge in [-0.1, -0.05) is 35.9 Å². The number of nitrogens with zero attached hydrogens (tertiary/aromatic N) is 3. The highest BCUT2D eigenvalue weighted by Crippen LogP contribution is 2.14. The number of fused-ring (bicyclic) bond motifs is 2. The van der Waals surface area contributed by atoms with E-state index in [1.54, 1.807) is 22.9 Å². The van der Waals surface area contributed by atoms with Gasteiger partial charge in [0.05, 0.1) is 23.6 Å². The number of carbonyl (C=O) groups is 1. The molecule has 168 valence electrons. The molecule has 4 heterocycles. The Morgan fingerprint density at radius 3 is 2.82 bits per heavy atom. The van der Waals surface area contributed by atoms with E-state index in [0.717, 1.165) is 24.0 Å². The lowest BCUT2D eigenvalue weighted by atomic mass is 10.1. The molecule has 33 heavy (non-hydrogen) atoms. The summed E-state index contributed by atoms with van der Waals surface area (Å²) in [6, 6.07) is 14.8. The molecule has 4 aromatic rings. The molecule has 1 aromatic carbocycles. The Bertz CT molecular complexity index is 1460. The van der Waals surface area contributed by atoms with E-state index >= 15 is 0 Å². The van der Waals surface area contributed by atoms with Crippen LogP contribution >= 0.6 is 0 Å². The van der Waals surface area contributed by atoms with Gasteiger partial charge < -0.3 is 14.6 Å². The summed E-state index contributed by atoms with van der Waals surface area (Å²) in [5.41, 5.74) is 2.83. The van der Waals surface area contributed by atoms with Crippen LogP contribution in [0.25, 0.3) is 16.7 Å². The van der Waals surface area contributed by atoms with Gasteiger partial charge in [-0.25, -0.2) is 4.98 Å². The van der Waals surface area contributed by atoms with E-state index in [4.69, 9.17) is 10.1 Å². The zero-order chi connectivity index (χ0) is 22.9. The lowest BCUT2D eigenvalue weighted by molar-refractivity contribution is 0.0856. The second kappa shape index (κ2) is 8.63. The number of pyridine rings is 2. The Hall–Kier alpha value is -3.78. The van der Waals surface area contributed by atoms with Gasteiger partial charge in [0.2, 0.25) is 0 Å². The number of aromatic nitrogens is 3. The summed E-state index contributed by atoms with van der Waals surface area (Å²) in [6.07, 6.45) is 3.52. The highest BCUT2D eigenvalue weighted by Gasteiger charge is 2.20. The van der Waals surface area contributed by atoms with Crippen molar-refractivity contribution in [2.75, 3.05) is 13.2 Å². The minimum atomic E-state index is -0.396. The van der Waals surface area contributed by atoms with Crippen LogP contribution in [0.4, 0.5) is 0 Å². The molecule has 8 nitrogen and oxygen atoms in total. The fourth-order valence-corrected chi connectivity index (χ4v) is 4.20. The van der Waals surface area contributed by atoms with Crippen molar-refractivity contribution >= 4 is 22.6 Å². The number of ether oxygens (including phenoxy) is 1. The van der Waals surface area contributed by atoms with Crippen molar-refractivity contribution < 1.29 is 9.53 Å². The maximum atomic E-state index is 13.3. The minimum Gasteiger partial charge on any atom is -0.376 e. The van der Waals surface area contributed by atoms with Gasteiger partial charge in [-0.15, -0.1) is 0 Å². The summed E-state index contributed by atoms with van der Waals surface area (Å²) in [5, 5.41) is 12.0. The first-order valence-corrected chi connectivity index (χ1v) is 11.1. The quantitative estimate of drug-likeness (QED) is 0.463. The SMILES string of the molecule is Cc1ccc(Cn2c(=N)c(C(=O)NC[C@@H]3CCCO3)cc3c(=O)n4ccccc4nc32)cc1. The number of amides is 1.